The van der Waals surface area contributed by atoms with Crippen molar-refractivity contribution in [2.24, 2.45) is 0 Å². The third-order valence-electron chi connectivity index (χ3n) is 2.73. The lowest BCUT2D eigenvalue weighted by Gasteiger charge is -2.13. The predicted molar refractivity (Wildman–Crippen MR) is 80.5 cm³/mol. The molecule has 0 unspecified atom stereocenters. The predicted octanol–water partition coefficient (Wildman–Crippen LogP) is 4.81. The highest BCUT2D eigenvalue weighted by molar-refractivity contribution is 7.99. The number of rotatable bonds is 5. The van der Waals surface area contributed by atoms with Gasteiger partial charge >= 0.3 is 0 Å². The van der Waals surface area contributed by atoms with Crippen LogP contribution in [0.25, 0.3) is 0 Å². The SMILES string of the molecule is N#Cc1cccc(Oc2ccc(SC(F)F)c(CO)c2Cl)c1. The maximum absolute atomic E-state index is 12.5. The molecular formula is C15H10ClF2NO2S. The number of thioether (sulfide) groups is 1. The fourth-order valence-electron chi connectivity index (χ4n) is 1.77. The van der Waals surface area contributed by atoms with Gasteiger partial charge in [-0.3, -0.25) is 0 Å². The van der Waals surface area contributed by atoms with Gasteiger partial charge in [0.1, 0.15) is 11.5 Å². The highest BCUT2D eigenvalue weighted by Crippen LogP contribution is 2.39. The van der Waals surface area contributed by atoms with E-state index in [1.54, 1.807) is 18.2 Å². The maximum Gasteiger partial charge on any atom is 0.288 e. The number of hydrogen-bond acceptors (Lipinski definition) is 4. The third kappa shape index (κ3) is 3.89. The Labute approximate surface area is 135 Å². The first-order valence-electron chi connectivity index (χ1n) is 6.10. The van der Waals surface area contributed by atoms with Crippen LogP contribution in [0.2, 0.25) is 5.02 Å². The van der Waals surface area contributed by atoms with Gasteiger partial charge in [-0.15, -0.1) is 0 Å². The minimum atomic E-state index is -2.61. The van der Waals surface area contributed by atoms with E-state index < -0.39 is 12.4 Å². The van der Waals surface area contributed by atoms with Gasteiger partial charge in [0.25, 0.3) is 5.76 Å². The molecule has 0 spiro atoms. The molecule has 0 radical (unpaired) electrons. The minimum Gasteiger partial charge on any atom is -0.456 e. The lowest BCUT2D eigenvalue weighted by Crippen LogP contribution is -1.95. The van der Waals surface area contributed by atoms with Crippen LogP contribution in [0.3, 0.4) is 0 Å². The summed E-state index contributed by atoms with van der Waals surface area (Å²) in [6.45, 7) is -0.483. The smallest absolute Gasteiger partial charge is 0.288 e. The van der Waals surface area contributed by atoms with Gasteiger partial charge in [0.2, 0.25) is 0 Å². The standard InChI is InChI=1S/C15H10ClF2NO2S/c16-14-11(8-20)13(22-15(17)18)5-4-12(14)21-10-3-1-2-9(6-10)7-19/h1-6,15,20H,8H2. The molecule has 0 amide bonds. The Morgan fingerprint density at radius 1 is 1.32 bits per heavy atom. The fourth-order valence-corrected chi connectivity index (χ4v) is 2.74. The van der Waals surface area contributed by atoms with Crippen molar-refractivity contribution in [3.8, 4) is 17.6 Å². The van der Waals surface area contributed by atoms with Crippen LogP contribution < -0.4 is 4.74 Å². The van der Waals surface area contributed by atoms with Crippen LogP contribution in [0.15, 0.2) is 41.3 Å². The summed E-state index contributed by atoms with van der Waals surface area (Å²) in [5.74, 6) is -2.00. The van der Waals surface area contributed by atoms with E-state index in [2.05, 4.69) is 0 Å². The Kier molecular flexibility index (Phi) is 5.61. The summed E-state index contributed by atoms with van der Waals surface area (Å²) >= 11 is 6.42. The molecule has 1 N–H and O–H groups in total. The summed E-state index contributed by atoms with van der Waals surface area (Å²) in [7, 11) is 0. The molecule has 7 heteroatoms. The fraction of sp³-hybridized carbons (Fsp3) is 0.133. The summed E-state index contributed by atoms with van der Waals surface area (Å²) in [4.78, 5) is 0.195. The van der Waals surface area contributed by atoms with Gasteiger partial charge in [0, 0.05) is 10.5 Å². The summed E-state index contributed by atoms with van der Waals surface area (Å²) in [6, 6.07) is 11.3. The van der Waals surface area contributed by atoms with Gasteiger partial charge in [0.05, 0.1) is 23.3 Å². The number of benzene rings is 2. The van der Waals surface area contributed by atoms with Crippen molar-refractivity contribution in [2.75, 3.05) is 0 Å². The van der Waals surface area contributed by atoms with Gasteiger partial charge in [0.15, 0.2) is 0 Å². The van der Waals surface area contributed by atoms with Gasteiger partial charge in [-0.2, -0.15) is 14.0 Å². The van der Waals surface area contributed by atoms with Crippen molar-refractivity contribution in [1.29, 1.82) is 5.26 Å². The summed E-state index contributed by atoms with van der Waals surface area (Å²) < 4.78 is 30.5. The molecule has 0 aliphatic rings. The molecule has 0 saturated heterocycles. The van der Waals surface area contributed by atoms with Gasteiger partial charge in [-0.05, 0) is 30.3 Å². The van der Waals surface area contributed by atoms with E-state index in [1.807, 2.05) is 6.07 Å². The maximum atomic E-state index is 12.5. The van der Waals surface area contributed by atoms with Crippen molar-refractivity contribution < 1.29 is 18.6 Å². The molecule has 0 aromatic heterocycles. The average molecular weight is 342 g/mol. The largest absolute Gasteiger partial charge is 0.456 e. The zero-order chi connectivity index (χ0) is 16.1. The van der Waals surface area contributed by atoms with Gasteiger partial charge < -0.3 is 9.84 Å². The average Bonchev–Trinajstić information content (AvgIpc) is 2.50. The van der Waals surface area contributed by atoms with Crippen LogP contribution in [0.5, 0.6) is 11.5 Å². The Bertz CT molecular complexity index is 719. The molecule has 0 atom stereocenters. The molecule has 2 rings (SSSR count). The lowest BCUT2D eigenvalue weighted by atomic mass is 10.2. The number of hydrogen-bond donors (Lipinski definition) is 1. The Morgan fingerprint density at radius 2 is 2.09 bits per heavy atom. The quantitative estimate of drug-likeness (QED) is 0.793. The molecule has 0 fully saturated rings. The van der Waals surface area contributed by atoms with Crippen LogP contribution in [-0.2, 0) is 6.61 Å². The molecule has 3 nitrogen and oxygen atoms in total. The molecule has 0 bridgehead atoms. The second-order valence-corrected chi connectivity index (χ2v) is 5.54. The number of alkyl halides is 2. The van der Waals surface area contributed by atoms with E-state index in [4.69, 9.17) is 21.6 Å². The second kappa shape index (κ2) is 7.45. The monoisotopic (exact) mass is 341 g/mol. The van der Waals surface area contributed by atoms with Crippen molar-refractivity contribution in [3.05, 3.63) is 52.5 Å². The van der Waals surface area contributed by atoms with Gasteiger partial charge in [-0.1, -0.05) is 29.4 Å². The minimum absolute atomic E-state index is 0.0653. The summed E-state index contributed by atoms with van der Waals surface area (Å²) in [5.41, 5.74) is 0.599. The number of halogens is 3. The molecule has 0 aliphatic heterocycles. The number of nitriles is 1. The van der Waals surface area contributed by atoms with E-state index in [1.165, 1.54) is 18.2 Å². The van der Waals surface area contributed by atoms with E-state index in [-0.39, 0.29) is 21.2 Å². The Hall–Kier alpha value is -1.81. The molecule has 2 aromatic rings. The van der Waals surface area contributed by atoms with Crippen LogP contribution in [0.4, 0.5) is 8.78 Å². The number of nitrogens with zero attached hydrogens (tertiary/aromatic N) is 1. The van der Waals surface area contributed by atoms with Crippen LogP contribution in [0.1, 0.15) is 11.1 Å². The van der Waals surface area contributed by atoms with Crippen molar-refractivity contribution >= 4 is 23.4 Å². The number of aliphatic hydroxyl groups is 1. The third-order valence-corrected chi connectivity index (χ3v) is 3.96. The molecule has 0 aliphatic carbocycles. The normalized spacial score (nSPS) is 10.5. The molecule has 22 heavy (non-hydrogen) atoms. The molecular weight excluding hydrogens is 332 g/mol. The highest BCUT2D eigenvalue weighted by Gasteiger charge is 2.16. The van der Waals surface area contributed by atoms with Crippen molar-refractivity contribution in [2.45, 2.75) is 17.3 Å². The van der Waals surface area contributed by atoms with E-state index in [9.17, 15) is 13.9 Å². The molecule has 114 valence electrons. The molecule has 0 saturated carbocycles. The summed E-state index contributed by atoms with van der Waals surface area (Å²) in [5, 5.41) is 18.3. The van der Waals surface area contributed by atoms with E-state index in [0.717, 1.165) is 0 Å². The van der Waals surface area contributed by atoms with Crippen molar-refractivity contribution in [1.82, 2.24) is 0 Å². The van der Waals surface area contributed by atoms with E-state index >= 15 is 0 Å². The van der Waals surface area contributed by atoms with Crippen LogP contribution in [0, 0.1) is 11.3 Å². The molecule has 2 aromatic carbocycles. The van der Waals surface area contributed by atoms with Crippen LogP contribution in [-0.4, -0.2) is 10.9 Å². The topological polar surface area (TPSA) is 53.2 Å². The number of ether oxygens (including phenoxy) is 1. The first kappa shape index (κ1) is 16.6. The first-order valence-corrected chi connectivity index (χ1v) is 7.36. The lowest BCUT2D eigenvalue weighted by molar-refractivity contribution is 0.251. The molecule has 0 heterocycles. The number of aliphatic hydroxyl groups excluding tert-OH is 1. The van der Waals surface area contributed by atoms with Crippen LogP contribution >= 0.6 is 23.4 Å². The Morgan fingerprint density at radius 3 is 2.73 bits per heavy atom. The second-order valence-electron chi connectivity index (χ2n) is 4.13. The summed E-state index contributed by atoms with van der Waals surface area (Å²) in [6.07, 6.45) is 0. The first-order chi connectivity index (χ1) is 10.5. The van der Waals surface area contributed by atoms with Crippen molar-refractivity contribution in [3.63, 3.8) is 0 Å². The van der Waals surface area contributed by atoms with E-state index in [0.29, 0.717) is 23.1 Å². The zero-order valence-electron chi connectivity index (χ0n) is 11.1. The van der Waals surface area contributed by atoms with Gasteiger partial charge in [-0.25, -0.2) is 0 Å². The highest BCUT2D eigenvalue weighted by atomic mass is 35.5. The zero-order valence-corrected chi connectivity index (χ0v) is 12.7. The Balaban J connectivity index is 2.34.